The van der Waals surface area contributed by atoms with E-state index in [1.165, 1.54) is 19.3 Å². The highest BCUT2D eigenvalue weighted by atomic mass is 16.7. The lowest BCUT2D eigenvalue weighted by molar-refractivity contribution is -0.305. The minimum atomic E-state index is -1.58. The molecule has 0 amide bonds. The Morgan fingerprint density at radius 2 is 1.41 bits per heavy atom. The largest absolute Gasteiger partial charge is 0.462 e. The third kappa shape index (κ3) is 11.9. The van der Waals surface area contributed by atoms with Crippen LogP contribution in [-0.2, 0) is 28.5 Å². The third-order valence-corrected chi connectivity index (χ3v) is 5.74. The van der Waals surface area contributed by atoms with Gasteiger partial charge >= 0.3 is 11.9 Å². The fourth-order valence-electron chi connectivity index (χ4n) is 3.57. The molecule has 0 spiro atoms. The Morgan fingerprint density at radius 3 is 2.06 bits per heavy atom. The molecule has 0 aromatic carbocycles. The van der Waals surface area contributed by atoms with Crippen molar-refractivity contribution in [1.82, 2.24) is 0 Å². The van der Waals surface area contributed by atoms with Crippen LogP contribution < -0.4 is 0 Å². The van der Waals surface area contributed by atoms with Crippen molar-refractivity contribution in [2.75, 3.05) is 19.8 Å². The highest BCUT2D eigenvalue weighted by molar-refractivity contribution is 5.70. The Labute approximate surface area is 202 Å². The Kier molecular flexibility index (Phi) is 16.3. The van der Waals surface area contributed by atoms with E-state index in [0.717, 1.165) is 25.7 Å². The lowest BCUT2D eigenvalue weighted by Gasteiger charge is -2.39. The first-order valence-corrected chi connectivity index (χ1v) is 12.6. The molecule has 1 fully saturated rings. The van der Waals surface area contributed by atoms with Crippen molar-refractivity contribution < 1.29 is 49.0 Å². The van der Waals surface area contributed by atoms with Gasteiger partial charge in [-0.25, -0.2) is 0 Å². The van der Waals surface area contributed by atoms with Crippen LogP contribution >= 0.6 is 0 Å². The summed E-state index contributed by atoms with van der Waals surface area (Å²) in [5, 5.41) is 39.2. The maximum Gasteiger partial charge on any atom is 0.306 e. The second-order valence-corrected chi connectivity index (χ2v) is 8.80. The van der Waals surface area contributed by atoms with Gasteiger partial charge in [-0.2, -0.15) is 0 Å². The molecule has 34 heavy (non-hydrogen) atoms. The maximum absolute atomic E-state index is 12.3. The van der Waals surface area contributed by atoms with Gasteiger partial charge in [0.15, 0.2) is 12.4 Å². The first-order chi connectivity index (χ1) is 16.3. The highest BCUT2D eigenvalue weighted by Gasteiger charge is 2.44. The molecule has 6 atom stereocenters. The number of rotatable bonds is 18. The predicted octanol–water partition coefficient (Wildman–Crippen LogP) is 1.59. The van der Waals surface area contributed by atoms with Gasteiger partial charge in [-0.05, 0) is 12.8 Å². The van der Waals surface area contributed by atoms with E-state index in [0.29, 0.717) is 12.8 Å². The first kappa shape index (κ1) is 30.7. The monoisotopic (exact) mass is 492 g/mol. The van der Waals surface area contributed by atoms with Gasteiger partial charge < -0.3 is 39.4 Å². The number of esters is 2. The summed E-state index contributed by atoms with van der Waals surface area (Å²) < 4.78 is 21.4. The van der Waals surface area contributed by atoms with Crippen LogP contribution in [0.5, 0.6) is 0 Å². The SMILES string of the molecule is CCCCCCCCCC(=O)O[C@H](COC(=O)CCCC)CO[C@@H]1O[C@H](CO)[C@H](O)[C@H](O)[C@H]1O. The van der Waals surface area contributed by atoms with E-state index in [1.54, 1.807) is 0 Å². The molecular formula is C24H44O10. The number of hydrogen-bond donors (Lipinski definition) is 4. The van der Waals surface area contributed by atoms with Crippen molar-refractivity contribution in [3.63, 3.8) is 0 Å². The number of carbonyl (C=O) groups is 2. The molecule has 0 aliphatic carbocycles. The van der Waals surface area contributed by atoms with Crippen LogP contribution in [0.2, 0.25) is 0 Å². The minimum absolute atomic E-state index is 0.220. The normalized spacial score (nSPS) is 25.6. The summed E-state index contributed by atoms with van der Waals surface area (Å²) in [6.07, 6.45) is 1.35. The van der Waals surface area contributed by atoms with Crippen LogP contribution in [0.15, 0.2) is 0 Å². The molecule has 0 bridgehead atoms. The second-order valence-electron chi connectivity index (χ2n) is 8.80. The summed E-state index contributed by atoms with van der Waals surface area (Å²) in [7, 11) is 0. The molecule has 1 rings (SSSR count). The van der Waals surface area contributed by atoms with Crippen molar-refractivity contribution in [2.24, 2.45) is 0 Å². The highest BCUT2D eigenvalue weighted by Crippen LogP contribution is 2.22. The van der Waals surface area contributed by atoms with Crippen molar-refractivity contribution in [1.29, 1.82) is 0 Å². The molecule has 1 saturated heterocycles. The van der Waals surface area contributed by atoms with E-state index >= 15 is 0 Å². The van der Waals surface area contributed by atoms with E-state index in [2.05, 4.69) is 6.92 Å². The summed E-state index contributed by atoms with van der Waals surface area (Å²) in [6, 6.07) is 0. The zero-order valence-electron chi connectivity index (χ0n) is 20.6. The molecule has 200 valence electrons. The van der Waals surface area contributed by atoms with Gasteiger partial charge in [0.2, 0.25) is 0 Å². The number of carbonyl (C=O) groups excluding carboxylic acids is 2. The summed E-state index contributed by atoms with van der Waals surface area (Å²) in [6.45, 7) is 3.04. The van der Waals surface area contributed by atoms with Crippen LogP contribution in [0, 0.1) is 0 Å². The summed E-state index contributed by atoms with van der Waals surface area (Å²) in [5.41, 5.74) is 0. The van der Waals surface area contributed by atoms with Crippen molar-refractivity contribution in [3.05, 3.63) is 0 Å². The van der Waals surface area contributed by atoms with Crippen LogP contribution in [-0.4, -0.2) is 89.0 Å². The zero-order valence-corrected chi connectivity index (χ0v) is 20.6. The summed E-state index contributed by atoms with van der Waals surface area (Å²) >= 11 is 0. The molecule has 0 aromatic rings. The van der Waals surface area contributed by atoms with Gasteiger partial charge in [0.25, 0.3) is 0 Å². The van der Waals surface area contributed by atoms with Gasteiger partial charge in [-0.1, -0.05) is 58.8 Å². The van der Waals surface area contributed by atoms with Gasteiger partial charge in [0.1, 0.15) is 31.0 Å². The second kappa shape index (κ2) is 18.0. The van der Waals surface area contributed by atoms with E-state index < -0.39 is 55.4 Å². The fourth-order valence-corrected chi connectivity index (χ4v) is 3.57. The quantitative estimate of drug-likeness (QED) is 0.164. The zero-order chi connectivity index (χ0) is 25.3. The average Bonchev–Trinajstić information content (AvgIpc) is 2.83. The molecular weight excluding hydrogens is 448 g/mol. The number of hydrogen-bond acceptors (Lipinski definition) is 10. The lowest BCUT2D eigenvalue weighted by atomic mass is 9.99. The van der Waals surface area contributed by atoms with Crippen LogP contribution in [0.1, 0.15) is 84.5 Å². The fraction of sp³-hybridized carbons (Fsp3) is 0.917. The average molecular weight is 493 g/mol. The van der Waals surface area contributed by atoms with E-state index in [9.17, 15) is 30.0 Å². The molecule has 0 saturated carbocycles. The molecule has 0 aromatic heterocycles. The molecule has 0 radical (unpaired) electrons. The number of unbranched alkanes of at least 4 members (excludes halogenated alkanes) is 7. The molecule has 0 unspecified atom stereocenters. The molecule has 1 heterocycles. The van der Waals surface area contributed by atoms with Crippen LogP contribution in [0.25, 0.3) is 0 Å². The van der Waals surface area contributed by atoms with Crippen LogP contribution in [0.3, 0.4) is 0 Å². The topological polar surface area (TPSA) is 152 Å². The standard InChI is InChI=1S/C24H44O10/c1-3-5-7-8-9-10-11-13-20(27)33-17(15-31-19(26)12-6-4-2)16-32-24-23(30)22(29)21(28)18(14-25)34-24/h17-18,21-25,28-30H,3-16H2,1-2H3/t17-,18-,21+,22+,23-,24-/m1/s1. The smallest absolute Gasteiger partial charge is 0.306 e. The van der Waals surface area contributed by atoms with Crippen molar-refractivity contribution in [3.8, 4) is 0 Å². The Hall–Kier alpha value is -1.30. The van der Waals surface area contributed by atoms with Gasteiger partial charge in [-0.3, -0.25) is 9.59 Å². The third-order valence-electron chi connectivity index (χ3n) is 5.74. The van der Waals surface area contributed by atoms with E-state index in [-0.39, 0.29) is 26.1 Å². The van der Waals surface area contributed by atoms with Crippen molar-refractivity contribution in [2.45, 2.75) is 121 Å². The number of ether oxygens (including phenoxy) is 4. The predicted molar refractivity (Wildman–Crippen MR) is 123 cm³/mol. The van der Waals surface area contributed by atoms with Crippen LogP contribution in [0.4, 0.5) is 0 Å². The number of aliphatic hydroxyl groups is 4. The molecule has 1 aliphatic heterocycles. The van der Waals surface area contributed by atoms with E-state index in [4.69, 9.17) is 18.9 Å². The molecule has 1 aliphatic rings. The summed E-state index contributed by atoms with van der Waals surface area (Å²) in [4.78, 5) is 24.2. The van der Waals surface area contributed by atoms with Gasteiger partial charge in [-0.15, -0.1) is 0 Å². The maximum atomic E-state index is 12.3. The Bertz CT molecular complexity index is 556. The minimum Gasteiger partial charge on any atom is -0.462 e. The first-order valence-electron chi connectivity index (χ1n) is 12.6. The Morgan fingerprint density at radius 1 is 0.794 bits per heavy atom. The number of aliphatic hydroxyl groups excluding tert-OH is 4. The van der Waals surface area contributed by atoms with E-state index in [1.807, 2.05) is 6.92 Å². The van der Waals surface area contributed by atoms with Gasteiger partial charge in [0, 0.05) is 12.8 Å². The molecule has 10 heteroatoms. The molecule has 4 N–H and O–H groups in total. The molecule has 10 nitrogen and oxygen atoms in total. The van der Waals surface area contributed by atoms with Gasteiger partial charge in [0.05, 0.1) is 13.2 Å². The summed E-state index contributed by atoms with van der Waals surface area (Å²) in [5.74, 6) is -0.858. The lowest BCUT2D eigenvalue weighted by Crippen LogP contribution is -2.59. The Balaban J connectivity index is 2.55. The van der Waals surface area contributed by atoms with Crippen molar-refractivity contribution >= 4 is 11.9 Å².